The number of Topliss-reactive ketones (excluding diaryl/α,β-unsaturated/α-hetero) is 1. The minimum Gasteiger partial charge on any atom is -0.327 e. The molecule has 0 atom stereocenters. The highest BCUT2D eigenvalue weighted by Crippen LogP contribution is 2.09. The van der Waals surface area contributed by atoms with Gasteiger partial charge in [-0.25, -0.2) is 0 Å². The molecule has 2 rings (SSSR count). The Morgan fingerprint density at radius 2 is 1.90 bits per heavy atom. The molecule has 0 radical (unpaired) electrons. The second-order valence-corrected chi connectivity index (χ2v) is 5.65. The molecule has 0 spiro atoms. The first kappa shape index (κ1) is 15.4. The molecule has 0 aliphatic rings. The highest BCUT2D eigenvalue weighted by atomic mass is 32.1. The lowest BCUT2D eigenvalue weighted by molar-refractivity contribution is -0.118. The Labute approximate surface area is 127 Å². The second kappa shape index (κ2) is 7.13. The van der Waals surface area contributed by atoms with Gasteiger partial charge in [-0.15, -0.1) is 11.3 Å². The van der Waals surface area contributed by atoms with Gasteiger partial charge in [0.1, 0.15) is 0 Å². The summed E-state index contributed by atoms with van der Waals surface area (Å²) in [6.45, 7) is 2.07. The van der Waals surface area contributed by atoms with Gasteiger partial charge in [-0.05, 0) is 12.0 Å². The zero-order chi connectivity index (χ0) is 15.2. The smallest absolute Gasteiger partial charge is 0.248 e. The van der Waals surface area contributed by atoms with Crippen LogP contribution < -0.4 is 4.80 Å². The van der Waals surface area contributed by atoms with Crippen molar-refractivity contribution >= 4 is 23.0 Å². The van der Waals surface area contributed by atoms with Gasteiger partial charge in [-0.1, -0.05) is 31.2 Å². The fourth-order valence-electron chi connectivity index (χ4n) is 1.89. The van der Waals surface area contributed by atoms with E-state index >= 15 is 0 Å². The first-order valence-electron chi connectivity index (χ1n) is 6.90. The summed E-state index contributed by atoms with van der Waals surface area (Å²) in [5.41, 5.74) is 1.85. The molecule has 0 fully saturated rings. The van der Waals surface area contributed by atoms with Crippen LogP contribution in [-0.2, 0) is 18.3 Å². The summed E-state index contributed by atoms with van der Waals surface area (Å²) < 4.78 is 1.79. The molecule has 0 bridgehead atoms. The van der Waals surface area contributed by atoms with Crippen LogP contribution in [-0.4, -0.2) is 16.3 Å². The van der Waals surface area contributed by atoms with Crippen LogP contribution in [0, 0.1) is 0 Å². The van der Waals surface area contributed by atoms with E-state index in [1.54, 1.807) is 4.57 Å². The summed E-state index contributed by atoms with van der Waals surface area (Å²) in [6.07, 6.45) is 3.13. The summed E-state index contributed by atoms with van der Waals surface area (Å²) in [7, 11) is 1.84. The normalized spacial score (nSPS) is 11.6. The van der Waals surface area contributed by atoms with E-state index in [1.807, 2.05) is 42.9 Å². The molecule has 0 unspecified atom stereocenters. The van der Waals surface area contributed by atoms with E-state index in [0.717, 1.165) is 6.42 Å². The first-order chi connectivity index (χ1) is 10.1. The first-order valence-corrected chi connectivity index (χ1v) is 7.78. The minimum absolute atomic E-state index is 0.0169. The fraction of sp³-hybridized carbons (Fsp3) is 0.312. The quantitative estimate of drug-likeness (QED) is 0.797. The molecule has 1 aromatic carbocycles. The Morgan fingerprint density at radius 3 is 2.48 bits per heavy atom. The van der Waals surface area contributed by atoms with Crippen molar-refractivity contribution in [2.24, 2.45) is 12.0 Å². The molecule has 1 aromatic heterocycles. The van der Waals surface area contributed by atoms with Gasteiger partial charge in [0.15, 0.2) is 10.6 Å². The standard InChI is InChI=1S/C16H18N2O2S/c1-3-12-4-6-13(7-5-12)14(19)8-9-15(20)17-16-18(2)10-11-21-16/h4-7,10-11H,3,8-9H2,1-2H3. The van der Waals surface area contributed by atoms with Gasteiger partial charge < -0.3 is 4.57 Å². The summed E-state index contributed by atoms with van der Waals surface area (Å²) in [6, 6.07) is 7.54. The molecule has 0 saturated carbocycles. The maximum absolute atomic E-state index is 12.0. The molecule has 1 heterocycles. The lowest BCUT2D eigenvalue weighted by atomic mass is 10.0. The summed E-state index contributed by atoms with van der Waals surface area (Å²) >= 11 is 1.40. The maximum atomic E-state index is 12.0. The fourth-order valence-corrected chi connectivity index (χ4v) is 2.64. The van der Waals surface area contributed by atoms with Crippen molar-refractivity contribution in [1.82, 2.24) is 4.57 Å². The summed E-state index contributed by atoms with van der Waals surface area (Å²) in [5, 5.41) is 1.87. The van der Waals surface area contributed by atoms with E-state index in [2.05, 4.69) is 11.9 Å². The molecule has 0 aliphatic heterocycles. The van der Waals surface area contributed by atoms with Crippen LogP contribution in [0.15, 0.2) is 40.8 Å². The Kier molecular flexibility index (Phi) is 5.22. The zero-order valence-corrected chi connectivity index (χ0v) is 13.0. The van der Waals surface area contributed by atoms with Gasteiger partial charge in [-0.2, -0.15) is 4.99 Å². The van der Waals surface area contributed by atoms with Crippen molar-refractivity contribution in [2.45, 2.75) is 26.2 Å². The van der Waals surface area contributed by atoms with Crippen LogP contribution in [0.2, 0.25) is 0 Å². The van der Waals surface area contributed by atoms with Crippen molar-refractivity contribution in [3.05, 3.63) is 51.8 Å². The number of benzene rings is 1. The van der Waals surface area contributed by atoms with Crippen LogP contribution in [0.25, 0.3) is 0 Å². The van der Waals surface area contributed by atoms with Crippen LogP contribution in [0.3, 0.4) is 0 Å². The van der Waals surface area contributed by atoms with Crippen molar-refractivity contribution < 1.29 is 9.59 Å². The number of aryl methyl sites for hydroxylation is 2. The minimum atomic E-state index is -0.258. The number of nitrogens with zero attached hydrogens (tertiary/aromatic N) is 2. The third kappa shape index (κ3) is 4.23. The average Bonchev–Trinajstić information content (AvgIpc) is 2.90. The van der Waals surface area contributed by atoms with Gasteiger partial charge in [0.2, 0.25) is 5.91 Å². The van der Waals surface area contributed by atoms with Crippen molar-refractivity contribution in [3.63, 3.8) is 0 Å². The lowest BCUT2D eigenvalue weighted by Gasteiger charge is -2.01. The van der Waals surface area contributed by atoms with Gasteiger partial charge in [0, 0.05) is 37.0 Å². The van der Waals surface area contributed by atoms with Crippen LogP contribution in [0.5, 0.6) is 0 Å². The van der Waals surface area contributed by atoms with E-state index in [4.69, 9.17) is 0 Å². The predicted molar refractivity (Wildman–Crippen MR) is 83.2 cm³/mol. The molecular weight excluding hydrogens is 284 g/mol. The number of thiazole rings is 1. The number of amides is 1. The molecule has 0 aliphatic carbocycles. The van der Waals surface area contributed by atoms with Crippen molar-refractivity contribution in [3.8, 4) is 0 Å². The van der Waals surface area contributed by atoms with Crippen LogP contribution in [0.1, 0.15) is 35.7 Å². The third-order valence-corrected chi connectivity index (χ3v) is 4.08. The van der Waals surface area contributed by atoms with E-state index in [9.17, 15) is 9.59 Å². The maximum Gasteiger partial charge on any atom is 0.248 e. The van der Waals surface area contributed by atoms with Gasteiger partial charge in [0.25, 0.3) is 0 Å². The topological polar surface area (TPSA) is 51.4 Å². The van der Waals surface area contributed by atoms with Gasteiger partial charge >= 0.3 is 0 Å². The molecule has 1 amide bonds. The van der Waals surface area contributed by atoms with E-state index < -0.39 is 0 Å². The van der Waals surface area contributed by atoms with Crippen molar-refractivity contribution in [2.75, 3.05) is 0 Å². The molecule has 4 nitrogen and oxygen atoms in total. The molecule has 21 heavy (non-hydrogen) atoms. The van der Waals surface area contributed by atoms with Crippen LogP contribution >= 0.6 is 11.3 Å². The van der Waals surface area contributed by atoms with E-state index in [-0.39, 0.29) is 24.5 Å². The second-order valence-electron chi connectivity index (χ2n) is 4.78. The number of hydrogen-bond acceptors (Lipinski definition) is 3. The number of carbonyl (C=O) groups excluding carboxylic acids is 2. The monoisotopic (exact) mass is 302 g/mol. The number of aromatic nitrogens is 1. The number of carbonyl (C=O) groups is 2. The predicted octanol–water partition coefficient (Wildman–Crippen LogP) is 2.74. The Bertz CT molecular complexity index is 696. The average molecular weight is 302 g/mol. The molecule has 5 heteroatoms. The molecule has 110 valence electrons. The summed E-state index contributed by atoms with van der Waals surface area (Å²) in [5.74, 6) is -0.275. The molecule has 2 aromatic rings. The number of hydrogen-bond donors (Lipinski definition) is 0. The highest BCUT2D eigenvalue weighted by molar-refractivity contribution is 7.07. The lowest BCUT2D eigenvalue weighted by Crippen LogP contribution is -2.13. The SMILES string of the molecule is CCc1ccc(C(=O)CCC(=O)N=c2sccn2C)cc1. The Hall–Kier alpha value is -2.01. The van der Waals surface area contributed by atoms with Crippen molar-refractivity contribution in [1.29, 1.82) is 0 Å². The van der Waals surface area contributed by atoms with E-state index in [1.165, 1.54) is 16.9 Å². The van der Waals surface area contributed by atoms with Gasteiger partial charge in [0.05, 0.1) is 0 Å². The Morgan fingerprint density at radius 1 is 1.19 bits per heavy atom. The molecule has 0 saturated heterocycles. The van der Waals surface area contributed by atoms with Gasteiger partial charge in [-0.3, -0.25) is 9.59 Å². The Balaban J connectivity index is 1.94. The highest BCUT2D eigenvalue weighted by Gasteiger charge is 2.09. The van der Waals surface area contributed by atoms with Crippen LogP contribution in [0.4, 0.5) is 0 Å². The number of rotatable bonds is 5. The zero-order valence-electron chi connectivity index (χ0n) is 12.2. The molecule has 0 N–H and O–H groups in total. The number of ketones is 1. The molecular formula is C16H18N2O2S. The largest absolute Gasteiger partial charge is 0.327 e. The third-order valence-electron chi connectivity index (χ3n) is 3.23. The van der Waals surface area contributed by atoms with E-state index in [0.29, 0.717) is 10.4 Å². The summed E-state index contributed by atoms with van der Waals surface area (Å²) in [4.78, 5) is 28.4.